The van der Waals surface area contributed by atoms with E-state index in [1.54, 1.807) is 49.6 Å². The summed E-state index contributed by atoms with van der Waals surface area (Å²) in [6.07, 6.45) is 24.9. The van der Waals surface area contributed by atoms with Gasteiger partial charge < -0.3 is 0 Å². The molecule has 12 heteroatoms. The fourth-order valence-electron chi connectivity index (χ4n) is 4.65. The second-order valence-corrected chi connectivity index (χ2v) is 11.3. The van der Waals surface area contributed by atoms with Gasteiger partial charge in [0.25, 0.3) is 0 Å². The van der Waals surface area contributed by atoms with Gasteiger partial charge in [-0.25, -0.2) is 34.9 Å². The molecule has 0 unspecified atom stereocenters. The third-order valence-electron chi connectivity index (χ3n) is 7.30. The van der Waals surface area contributed by atoms with E-state index in [0.717, 1.165) is 27.5 Å². The van der Waals surface area contributed by atoms with Crippen LogP contribution in [0.4, 0.5) is 0 Å². The van der Waals surface area contributed by atoms with Gasteiger partial charge in [0.2, 0.25) is 0 Å². The third-order valence-corrected chi connectivity index (χ3v) is 7.30. The lowest BCUT2D eigenvalue weighted by Crippen LogP contribution is -1.78. The molecule has 4 aromatic carbocycles. The lowest BCUT2D eigenvalue weighted by molar-refractivity contribution is 1.05. The molecule has 0 radical (unpaired) electrons. The number of pyridine rings is 3. The zero-order valence-electron chi connectivity index (χ0n) is 45.3. The standard InChI is InChI=1S/2C9H7N.2C8H6N2.C5H5N.C4H4N2.C3H3N3.7C2H6/c1-2-6-9-8(4-1)5-3-7-10-9;1-2-4-9-7-10-6-5-8(9)3-1;1-2-4-8-7(3-1)5-9-6-10-8;1-2-4-8-7(3-1)9-5-6-10-8;1-2-4-6-5-3-1;1-2-5-4-6-3-1;1-4-2-6-3-5-1;7*1-2/h2*1-7H;2*1-6H;1-5H;1-4H;1-3H;7*1-2H3. The van der Waals surface area contributed by atoms with Gasteiger partial charge in [0, 0.05) is 72.7 Å². The van der Waals surface area contributed by atoms with E-state index >= 15 is 0 Å². The number of hydrogen-bond acceptors (Lipinski definition) is 12. The first kappa shape index (κ1) is 67.9. The Hall–Kier alpha value is -8.38. The van der Waals surface area contributed by atoms with Gasteiger partial charge in [-0.1, -0.05) is 182 Å². The van der Waals surface area contributed by atoms with E-state index in [-0.39, 0.29) is 0 Å². The van der Waals surface area contributed by atoms with Gasteiger partial charge >= 0.3 is 0 Å². The molecule has 0 saturated heterocycles. The lowest BCUT2D eigenvalue weighted by atomic mass is 10.2. The molecule has 380 valence electrons. The van der Waals surface area contributed by atoms with Crippen molar-refractivity contribution in [2.24, 2.45) is 0 Å². The average Bonchev–Trinajstić information content (AvgIpc) is 3.53. The Balaban J connectivity index is -0.000000747. The van der Waals surface area contributed by atoms with Crippen LogP contribution in [0.5, 0.6) is 0 Å². The van der Waals surface area contributed by atoms with Crippen molar-refractivity contribution < 1.29 is 0 Å². The Labute approximate surface area is 431 Å². The molecule has 72 heavy (non-hydrogen) atoms. The van der Waals surface area contributed by atoms with E-state index in [1.807, 2.05) is 231 Å². The molecule has 0 atom stereocenters. The minimum Gasteiger partial charge on any atom is -0.265 e. The topological polar surface area (TPSA) is 155 Å². The van der Waals surface area contributed by atoms with Crippen molar-refractivity contribution in [3.05, 3.63) is 233 Å². The van der Waals surface area contributed by atoms with Crippen LogP contribution in [0.2, 0.25) is 0 Å². The van der Waals surface area contributed by atoms with Crippen LogP contribution in [0.1, 0.15) is 96.9 Å². The zero-order chi connectivity index (χ0) is 54.0. The van der Waals surface area contributed by atoms with Crippen molar-refractivity contribution >= 4 is 43.6 Å². The molecule has 0 aliphatic rings. The molecular weight excluding hydrogens is 889 g/mol. The monoisotopic (exact) mass is 969 g/mol. The minimum atomic E-state index is 0.949. The molecule has 0 aliphatic carbocycles. The van der Waals surface area contributed by atoms with Crippen LogP contribution in [-0.4, -0.2) is 59.8 Å². The minimum absolute atomic E-state index is 0.949. The summed E-state index contributed by atoms with van der Waals surface area (Å²) in [6.45, 7) is 28.0. The highest BCUT2D eigenvalue weighted by molar-refractivity contribution is 5.81. The van der Waals surface area contributed by atoms with Crippen molar-refractivity contribution in [3.63, 3.8) is 0 Å². The Morgan fingerprint density at radius 2 is 0.583 bits per heavy atom. The molecule has 11 aromatic rings. The van der Waals surface area contributed by atoms with Crippen molar-refractivity contribution in [3.8, 4) is 0 Å². The number of benzene rings is 4. The number of para-hydroxylation sites is 4. The molecular formula is C60H80N12. The van der Waals surface area contributed by atoms with Gasteiger partial charge in [-0.05, 0) is 65.4 Å². The van der Waals surface area contributed by atoms with Crippen LogP contribution in [-0.2, 0) is 0 Å². The van der Waals surface area contributed by atoms with Crippen LogP contribution in [0.25, 0.3) is 43.6 Å². The van der Waals surface area contributed by atoms with Crippen LogP contribution in [0, 0.1) is 0 Å². The van der Waals surface area contributed by atoms with Crippen molar-refractivity contribution in [1.82, 2.24) is 59.8 Å². The first-order valence-electron chi connectivity index (χ1n) is 24.9. The summed E-state index contributed by atoms with van der Waals surface area (Å²) in [5.41, 5.74) is 3.96. The van der Waals surface area contributed by atoms with Crippen LogP contribution in [0.3, 0.4) is 0 Å². The maximum atomic E-state index is 4.18. The summed E-state index contributed by atoms with van der Waals surface area (Å²) in [5.74, 6) is 0. The molecule has 0 saturated carbocycles. The Kier molecular flexibility index (Phi) is 52.1. The molecule has 11 rings (SSSR count). The summed E-state index contributed by atoms with van der Waals surface area (Å²) in [7, 11) is 0. The summed E-state index contributed by atoms with van der Waals surface area (Å²) in [6, 6.07) is 45.5. The Morgan fingerprint density at radius 3 is 0.986 bits per heavy atom. The third kappa shape index (κ3) is 34.0. The molecule has 0 bridgehead atoms. The van der Waals surface area contributed by atoms with E-state index in [4.69, 9.17) is 0 Å². The highest BCUT2D eigenvalue weighted by atomic mass is 14.9. The van der Waals surface area contributed by atoms with E-state index in [2.05, 4.69) is 84.1 Å². The second-order valence-electron chi connectivity index (χ2n) is 11.3. The molecule has 0 spiro atoms. The Bertz CT molecular complexity index is 2010. The maximum Gasteiger partial charge on any atom is 0.119 e. The summed E-state index contributed by atoms with van der Waals surface area (Å²) in [4.78, 5) is 46.2. The number of hydrogen-bond donors (Lipinski definition) is 0. The van der Waals surface area contributed by atoms with Crippen LogP contribution in [0.15, 0.2) is 233 Å². The van der Waals surface area contributed by atoms with Crippen molar-refractivity contribution in [2.75, 3.05) is 0 Å². The second kappa shape index (κ2) is 55.2. The molecule has 0 N–H and O–H groups in total. The van der Waals surface area contributed by atoms with E-state index in [9.17, 15) is 0 Å². The van der Waals surface area contributed by atoms with Crippen molar-refractivity contribution in [1.29, 1.82) is 0 Å². The summed E-state index contributed by atoms with van der Waals surface area (Å²) in [5, 5.41) is 4.73. The predicted molar refractivity (Wildman–Crippen MR) is 308 cm³/mol. The van der Waals surface area contributed by atoms with Crippen molar-refractivity contribution in [2.45, 2.75) is 96.9 Å². The average molecular weight is 969 g/mol. The number of fused-ring (bicyclic) bond motifs is 4. The molecule has 0 fully saturated rings. The van der Waals surface area contributed by atoms with Gasteiger partial charge in [0.15, 0.2) is 0 Å². The fourth-order valence-corrected chi connectivity index (χ4v) is 4.65. The molecule has 0 aliphatic heterocycles. The van der Waals surface area contributed by atoms with Gasteiger partial charge in [-0.2, -0.15) is 0 Å². The highest BCUT2D eigenvalue weighted by Crippen LogP contribution is 2.10. The maximum absolute atomic E-state index is 4.18. The van der Waals surface area contributed by atoms with Gasteiger partial charge in [-0.15, -0.1) is 0 Å². The smallest absolute Gasteiger partial charge is 0.119 e. The predicted octanol–water partition coefficient (Wildman–Crippen LogP) is 16.3. The first-order valence-corrected chi connectivity index (χ1v) is 24.9. The number of aromatic nitrogens is 12. The number of nitrogens with zero attached hydrogens (tertiary/aromatic N) is 12. The molecule has 12 nitrogen and oxygen atoms in total. The number of rotatable bonds is 0. The Morgan fingerprint density at radius 1 is 0.194 bits per heavy atom. The van der Waals surface area contributed by atoms with Crippen LogP contribution >= 0.6 is 0 Å². The highest BCUT2D eigenvalue weighted by Gasteiger charge is 1.90. The van der Waals surface area contributed by atoms with Gasteiger partial charge in [0.05, 0.1) is 22.1 Å². The fraction of sp³-hybridized carbons (Fsp3) is 0.233. The SMILES string of the molecule is CC.CC.CC.CC.CC.CC.CC.c1ccc2cnccc2c1.c1ccc2ncccc2c1.c1ccc2nccnc2c1.c1ccc2ncncc2c1.c1ccncc1.c1cncnc1.c1ncncn1. The van der Waals surface area contributed by atoms with Gasteiger partial charge in [0.1, 0.15) is 31.6 Å². The molecule has 7 aromatic heterocycles. The normalized spacial score (nSPS) is 8.14. The van der Waals surface area contributed by atoms with E-state index in [0.29, 0.717) is 0 Å². The molecule has 0 amide bonds. The lowest BCUT2D eigenvalue weighted by Gasteiger charge is -1.91. The van der Waals surface area contributed by atoms with E-state index < -0.39 is 0 Å². The summed E-state index contributed by atoms with van der Waals surface area (Å²) >= 11 is 0. The van der Waals surface area contributed by atoms with Crippen LogP contribution < -0.4 is 0 Å². The van der Waals surface area contributed by atoms with E-state index in [1.165, 1.54) is 41.5 Å². The quantitative estimate of drug-likeness (QED) is 0.142. The first-order chi connectivity index (χ1) is 35.9. The zero-order valence-corrected chi connectivity index (χ0v) is 45.3. The summed E-state index contributed by atoms with van der Waals surface area (Å²) < 4.78 is 0. The largest absolute Gasteiger partial charge is 0.265 e. The molecule has 7 heterocycles. The van der Waals surface area contributed by atoms with Gasteiger partial charge in [-0.3, -0.25) is 24.9 Å².